The van der Waals surface area contributed by atoms with Gasteiger partial charge in [0.25, 0.3) is 5.56 Å². The molecule has 0 atom stereocenters. The van der Waals surface area contributed by atoms with Crippen LogP contribution in [0, 0.1) is 0 Å². The van der Waals surface area contributed by atoms with Gasteiger partial charge in [0.2, 0.25) is 0 Å². The Morgan fingerprint density at radius 1 is 0.889 bits per heavy atom. The molecule has 0 saturated carbocycles. The van der Waals surface area contributed by atoms with E-state index in [4.69, 9.17) is 11.6 Å². The van der Waals surface area contributed by atoms with Gasteiger partial charge in [0.15, 0.2) is 0 Å². The van der Waals surface area contributed by atoms with Gasteiger partial charge in [0.05, 0.1) is 11.1 Å². The van der Waals surface area contributed by atoms with Gasteiger partial charge in [-0.3, -0.25) is 4.79 Å². The predicted molar refractivity (Wildman–Crippen MR) is 112 cm³/mol. The molecule has 0 saturated heterocycles. The summed E-state index contributed by atoms with van der Waals surface area (Å²) in [5.74, 6) is -0.0500. The highest BCUT2D eigenvalue weighted by atomic mass is 35.5. The minimum atomic E-state index is -0.358. The van der Waals surface area contributed by atoms with Crippen molar-refractivity contribution in [2.24, 2.45) is 0 Å². The van der Waals surface area contributed by atoms with Crippen LogP contribution < -0.4 is 5.56 Å². The third-order valence-corrected chi connectivity index (χ3v) is 4.67. The molecule has 2 N–H and O–H groups in total. The monoisotopic (exact) mass is 373 g/mol. The van der Waals surface area contributed by atoms with Crippen LogP contribution in [0.15, 0.2) is 77.6 Å². The van der Waals surface area contributed by atoms with Gasteiger partial charge in [0.1, 0.15) is 5.75 Å². The Hall–Kier alpha value is -3.30. The molecule has 4 heteroatoms. The Bertz CT molecular complexity index is 1210. The Balaban J connectivity index is 1.89. The van der Waals surface area contributed by atoms with Crippen molar-refractivity contribution in [3.63, 3.8) is 0 Å². The van der Waals surface area contributed by atoms with Crippen LogP contribution in [0.4, 0.5) is 0 Å². The summed E-state index contributed by atoms with van der Waals surface area (Å²) in [5, 5.41) is 11.8. The zero-order chi connectivity index (χ0) is 18.8. The second kappa shape index (κ2) is 7.14. The van der Waals surface area contributed by atoms with Crippen molar-refractivity contribution >= 4 is 34.7 Å². The largest absolute Gasteiger partial charge is 0.506 e. The number of aromatic amines is 1. The lowest BCUT2D eigenvalue weighted by molar-refractivity contribution is 0.482. The van der Waals surface area contributed by atoms with Crippen LogP contribution >= 0.6 is 11.6 Å². The number of H-pyrrole nitrogens is 1. The summed E-state index contributed by atoms with van der Waals surface area (Å²) < 4.78 is 0. The summed E-state index contributed by atoms with van der Waals surface area (Å²) in [7, 11) is 0. The summed E-state index contributed by atoms with van der Waals surface area (Å²) in [6.45, 7) is 0. The summed E-state index contributed by atoms with van der Waals surface area (Å²) >= 11 is 5.99. The number of fused-ring (bicyclic) bond motifs is 1. The number of pyridine rings is 1. The highest BCUT2D eigenvalue weighted by Crippen LogP contribution is 2.35. The van der Waals surface area contributed by atoms with E-state index in [2.05, 4.69) is 4.98 Å². The van der Waals surface area contributed by atoms with Crippen LogP contribution in [0.1, 0.15) is 11.1 Å². The molecule has 0 amide bonds. The molecule has 3 aromatic carbocycles. The fraction of sp³-hybridized carbons (Fsp3) is 0. The number of hydrogen-bond acceptors (Lipinski definition) is 2. The van der Waals surface area contributed by atoms with Crippen molar-refractivity contribution in [2.75, 3.05) is 0 Å². The molecule has 0 radical (unpaired) electrons. The second-order valence-electron chi connectivity index (χ2n) is 6.20. The van der Waals surface area contributed by atoms with Crippen molar-refractivity contribution in [1.82, 2.24) is 4.98 Å². The molecule has 0 fully saturated rings. The number of aromatic nitrogens is 1. The van der Waals surface area contributed by atoms with E-state index in [0.29, 0.717) is 21.5 Å². The van der Waals surface area contributed by atoms with Crippen molar-refractivity contribution in [3.05, 3.63) is 99.3 Å². The molecular formula is C23H16ClNO2. The van der Waals surface area contributed by atoms with E-state index in [9.17, 15) is 9.90 Å². The summed E-state index contributed by atoms with van der Waals surface area (Å²) in [6.07, 6.45) is 3.92. The maximum Gasteiger partial charge on any atom is 0.260 e. The SMILES string of the molecule is O=c1[nH]c2cc(Cl)ccc2c(O)c1-c1ccccc1C=Cc1ccccc1. The first-order valence-corrected chi connectivity index (χ1v) is 8.88. The van der Waals surface area contributed by atoms with E-state index in [1.54, 1.807) is 18.2 Å². The number of benzene rings is 3. The number of halogens is 1. The average Bonchev–Trinajstić information content (AvgIpc) is 2.67. The topological polar surface area (TPSA) is 53.1 Å². The Morgan fingerprint density at radius 2 is 1.63 bits per heavy atom. The lowest BCUT2D eigenvalue weighted by atomic mass is 9.97. The first-order chi connectivity index (χ1) is 13.1. The van der Waals surface area contributed by atoms with E-state index in [0.717, 1.165) is 11.1 Å². The predicted octanol–water partition coefficient (Wildman–Crippen LogP) is 5.72. The Labute approximate surface area is 161 Å². The molecule has 1 aromatic heterocycles. The van der Waals surface area contributed by atoms with Crippen LogP contribution in [-0.2, 0) is 0 Å². The van der Waals surface area contributed by atoms with E-state index in [1.807, 2.05) is 66.7 Å². The first kappa shape index (κ1) is 17.1. The normalized spacial score (nSPS) is 11.3. The molecule has 0 unspecified atom stereocenters. The number of aromatic hydroxyl groups is 1. The number of nitrogens with one attached hydrogen (secondary N) is 1. The zero-order valence-electron chi connectivity index (χ0n) is 14.3. The van der Waals surface area contributed by atoms with Crippen molar-refractivity contribution in [2.45, 2.75) is 0 Å². The van der Waals surface area contributed by atoms with Crippen LogP contribution in [-0.4, -0.2) is 10.1 Å². The maximum atomic E-state index is 12.7. The van der Waals surface area contributed by atoms with Crippen LogP contribution in [0.5, 0.6) is 5.75 Å². The van der Waals surface area contributed by atoms with Gasteiger partial charge in [-0.1, -0.05) is 78.4 Å². The van der Waals surface area contributed by atoms with Crippen molar-refractivity contribution in [3.8, 4) is 16.9 Å². The lowest BCUT2D eigenvalue weighted by Crippen LogP contribution is -2.10. The molecule has 4 rings (SSSR count). The summed E-state index contributed by atoms with van der Waals surface area (Å²) in [4.78, 5) is 15.5. The molecule has 0 aliphatic carbocycles. The van der Waals surface area contributed by atoms with Gasteiger partial charge in [-0.15, -0.1) is 0 Å². The molecule has 0 aliphatic heterocycles. The highest BCUT2D eigenvalue weighted by molar-refractivity contribution is 6.31. The third-order valence-electron chi connectivity index (χ3n) is 4.43. The third kappa shape index (κ3) is 3.37. The van der Waals surface area contributed by atoms with E-state index >= 15 is 0 Å². The molecule has 0 bridgehead atoms. The van der Waals surface area contributed by atoms with Crippen molar-refractivity contribution < 1.29 is 5.11 Å². The highest BCUT2D eigenvalue weighted by Gasteiger charge is 2.16. The van der Waals surface area contributed by atoms with Crippen molar-refractivity contribution in [1.29, 1.82) is 0 Å². The van der Waals surface area contributed by atoms with Crippen LogP contribution in [0.3, 0.4) is 0 Å². The first-order valence-electron chi connectivity index (χ1n) is 8.50. The molecule has 0 aliphatic rings. The molecule has 27 heavy (non-hydrogen) atoms. The van der Waals surface area contributed by atoms with Gasteiger partial charge in [-0.2, -0.15) is 0 Å². The van der Waals surface area contributed by atoms with Crippen LogP contribution in [0.25, 0.3) is 34.2 Å². The number of rotatable bonds is 3. The lowest BCUT2D eigenvalue weighted by Gasteiger charge is -2.10. The summed E-state index contributed by atoms with van der Waals surface area (Å²) in [5.41, 5.74) is 2.96. The second-order valence-corrected chi connectivity index (χ2v) is 6.64. The average molecular weight is 374 g/mol. The summed E-state index contributed by atoms with van der Waals surface area (Å²) in [6, 6.07) is 22.4. The van der Waals surface area contributed by atoms with Gasteiger partial charge >= 0.3 is 0 Å². The Morgan fingerprint density at radius 3 is 2.44 bits per heavy atom. The maximum absolute atomic E-state index is 12.7. The van der Waals surface area contributed by atoms with Crippen LogP contribution in [0.2, 0.25) is 5.02 Å². The van der Waals surface area contributed by atoms with E-state index in [-0.39, 0.29) is 16.9 Å². The molecule has 132 valence electrons. The molecule has 0 spiro atoms. The number of hydrogen-bond donors (Lipinski definition) is 2. The van der Waals surface area contributed by atoms with Gasteiger partial charge in [-0.05, 0) is 34.9 Å². The minimum Gasteiger partial charge on any atom is -0.506 e. The molecule has 3 nitrogen and oxygen atoms in total. The van der Waals surface area contributed by atoms with Gasteiger partial charge in [-0.25, -0.2) is 0 Å². The van der Waals surface area contributed by atoms with Gasteiger partial charge in [0, 0.05) is 10.4 Å². The standard InChI is InChI=1S/C23H16ClNO2/c24-17-12-13-19-20(14-17)25-23(27)21(22(19)26)18-9-5-4-8-16(18)11-10-15-6-2-1-3-7-15/h1-14H,(H2,25,26,27). The van der Waals surface area contributed by atoms with E-state index < -0.39 is 0 Å². The fourth-order valence-electron chi connectivity index (χ4n) is 3.12. The Kier molecular flexibility index (Phi) is 4.53. The molecular weight excluding hydrogens is 358 g/mol. The molecule has 1 heterocycles. The fourth-order valence-corrected chi connectivity index (χ4v) is 3.30. The minimum absolute atomic E-state index is 0.0500. The smallest absolute Gasteiger partial charge is 0.260 e. The van der Waals surface area contributed by atoms with Gasteiger partial charge < -0.3 is 10.1 Å². The van der Waals surface area contributed by atoms with E-state index in [1.165, 1.54) is 0 Å². The molecule has 4 aromatic rings. The quantitative estimate of drug-likeness (QED) is 0.451. The zero-order valence-corrected chi connectivity index (χ0v) is 15.1.